The average molecular weight is 468 g/mol. The van der Waals surface area contributed by atoms with E-state index in [9.17, 15) is 28.3 Å². The molecule has 0 bridgehead atoms. The lowest BCUT2D eigenvalue weighted by Crippen LogP contribution is -2.55. The van der Waals surface area contributed by atoms with E-state index < -0.39 is 30.2 Å². The zero-order valence-corrected chi connectivity index (χ0v) is 18.3. The van der Waals surface area contributed by atoms with Crippen LogP contribution in [0.3, 0.4) is 0 Å². The number of rotatable bonds is 3. The third kappa shape index (κ3) is 3.36. The number of phenolic OH excluding ortho intramolecular Hbond substituents is 1. The molecule has 1 aliphatic heterocycles. The molecule has 3 N–H and O–H groups in total. The van der Waals surface area contributed by atoms with E-state index in [4.69, 9.17) is 11.6 Å². The summed E-state index contributed by atoms with van der Waals surface area (Å²) in [4.78, 5) is 12.2. The van der Waals surface area contributed by atoms with Crippen molar-refractivity contribution in [2.75, 3.05) is 11.9 Å². The van der Waals surface area contributed by atoms with Crippen molar-refractivity contribution in [2.24, 2.45) is 0 Å². The predicted molar refractivity (Wildman–Crippen MR) is 117 cm³/mol. The van der Waals surface area contributed by atoms with Gasteiger partial charge in [-0.1, -0.05) is 24.6 Å². The maximum atomic E-state index is 14.3. The van der Waals surface area contributed by atoms with Crippen LogP contribution in [0, 0.1) is 11.8 Å². The summed E-state index contributed by atoms with van der Waals surface area (Å²) in [7, 11) is 0. The van der Waals surface area contributed by atoms with Gasteiger partial charge in [0.1, 0.15) is 5.75 Å². The number of nitroso groups, excluding NO2 is 1. The summed E-state index contributed by atoms with van der Waals surface area (Å²) < 4.78 is 43.7. The molecule has 0 radical (unpaired) electrons. The molecule has 0 amide bonds. The first-order valence-electron chi connectivity index (χ1n) is 10.3. The lowest BCUT2D eigenvalue weighted by atomic mass is 9.68. The SMILES string of the molecule is CC[C@H]1C[C@@](O)(C(F)(F)F)[C@@H](Nc2cccc3c2C=CC[N+]3=O)c2cc(Cl)c(C)c(O)c21. The van der Waals surface area contributed by atoms with Crippen LogP contribution in [0.15, 0.2) is 30.3 Å². The molecule has 1 heterocycles. The van der Waals surface area contributed by atoms with Crippen LogP contribution in [-0.4, -0.2) is 33.3 Å². The Bertz CT molecular complexity index is 1130. The largest absolute Gasteiger partial charge is 0.507 e. The van der Waals surface area contributed by atoms with Crippen LogP contribution in [-0.2, 0) is 0 Å². The van der Waals surface area contributed by atoms with Gasteiger partial charge in [-0.25, -0.2) is 0 Å². The molecular weight excluding hydrogens is 445 g/mol. The van der Waals surface area contributed by atoms with Gasteiger partial charge >= 0.3 is 6.18 Å². The third-order valence-electron chi connectivity index (χ3n) is 6.51. The van der Waals surface area contributed by atoms with E-state index in [1.165, 1.54) is 6.07 Å². The highest BCUT2D eigenvalue weighted by molar-refractivity contribution is 6.31. The molecule has 2 aromatic rings. The molecule has 0 fully saturated rings. The van der Waals surface area contributed by atoms with Gasteiger partial charge in [0.25, 0.3) is 5.69 Å². The van der Waals surface area contributed by atoms with Crippen molar-refractivity contribution in [3.05, 3.63) is 62.5 Å². The molecule has 170 valence electrons. The van der Waals surface area contributed by atoms with Crippen molar-refractivity contribution in [1.82, 2.24) is 0 Å². The Morgan fingerprint density at radius 3 is 2.72 bits per heavy atom. The van der Waals surface area contributed by atoms with Crippen molar-refractivity contribution in [3.8, 4) is 5.75 Å². The van der Waals surface area contributed by atoms with Crippen LogP contribution in [0.1, 0.15) is 54.0 Å². The standard InChI is InChI=1S/C23H22ClF3N2O3/c1-3-13-11-22(31,23(25,26)27)21(15-10-16(24)12(2)20(30)19(13)15)28-17-7-4-8-18-14(17)6-5-9-29(18)32/h4-8,10,13,21,28,31H,3,9,11H2,1-2H3/p+1/t13-,21-,22-/m0/s1. The fourth-order valence-corrected chi connectivity index (χ4v) is 4.92. The number of nitrogens with one attached hydrogen (secondary N) is 1. The fourth-order valence-electron chi connectivity index (χ4n) is 4.71. The highest BCUT2D eigenvalue weighted by Gasteiger charge is 2.62. The summed E-state index contributed by atoms with van der Waals surface area (Å²) in [5.41, 5.74) is -1.28. The smallest absolute Gasteiger partial charge is 0.419 e. The van der Waals surface area contributed by atoms with E-state index in [1.54, 1.807) is 44.2 Å². The molecule has 0 spiro atoms. The molecule has 3 atom stereocenters. The second-order valence-electron chi connectivity index (χ2n) is 8.35. The van der Waals surface area contributed by atoms with Gasteiger partial charge in [0.15, 0.2) is 5.60 Å². The van der Waals surface area contributed by atoms with Gasteiger partial charge in [-0.15, -0.1) is 0 Å². The van der Waals surface area contributed by atoms with Crippen LogP contribution in [0.5, 0.6) is 5.75 Å². The minimum Gasteiger partial charge on any atom is -0.507 e. The quantitative estimate of drug-likeness (QED) is 0.474. The summed E-state index contributed by atoms with van der Waals surface area (Å²) in [5.74, 6) is -0.872. The van der Waals surface area contributed by atoms with Crippen LogP contribution in [0.2, 0.25) is 5.02 Å². The first-order chi connectivity index (χ1) is 15.0. The molecule has 0 saturated heterocycles. The van der Waals surface area contributed by atoms with Gasteiger partial charge < -0.3 is 15.5 Å². The number of halogens is 4. The zero-order valence-electron chi connectivity index (χ0n) is 17.5. The molecule has 2 aliphatic rings. The van der Waals surface area contributed by atoms with Gasteiger partial charge in [-0.2, -0.15) is 13.2 Å². The molecule has 0 saturated carbocycles. The molecule has 9 heteroatoms. The number of hydrogen-bond acceptors (Lipinski definition) is 4. The van der Waals surface area contributed by atoms with Crippen LogP contribution in [0.25, 0.3) is 6.08 Å². The highest BCUT2D eigenvalue weighted by Crippen LogP contribution is 2.56. The second-order valence-corrected chi connectivity index (χ2v) is 8.75. The van der Waals surface area contributed by atoms with E-state index >= 15 is 0 Å². The Labute approximate surface area is 188 Å². The average Bonchev–Trinajstić information content (AvgIpc) is 2.73. The molecule has 32 heavy (non-hydrogen) atoms. The molecule has 5 nitrogen and oxygen atoms in total. The van der Waals surface area contributed by atoms with Gasteiger partial charge in [-0.3, -0.25) is 0 Å². The Morgan fingerprint density at radius 1 is 1.34 bits per heavy atom. The summed E-state index contributed by atoms with van der Waals surface area (Å²) in [6.07, 6.45) is -2.01. The number of fused-ring (bicyclic) bond motifs is 2. The van der Waals surface area contributed by atoms with Gasteiger partial charge in [0, 0.05) is 37.6 Å². The van der Waals surface area contributed by atoms with E-state index in [-0.39, 0.29) is 28.6 Å². The molecular formula is C23H23ClF3N2O3+. The Kier molecular flexibility index (Phi) is 5.49. The summed E-state index contributed by atoms with van der Waals surface area (Å²) in [6.45, 7) is 3.44. The number of benzene rings is 2. The van der Waals surface area contributed by atoms with Crippen LogP contribution < -0.4 is 5.32 Å². The van der Waals surface area contributed by atoms with Crippen LogP contribution in [0.4, 0.5) is 24.5 Å². The van der Waals surface area contributed by atoms with Gasteiger partial charge in [0.05, 0.1) is 11.6 Å². The van der Waals surface area contributed by atoms with Crippen LogP contribution >= 0.6 is 11.6 Å². The molecule has 2 aromatic carbocycles. The van der Waals surface area contributed by atoms with Crippen molar-refractivity contribution in [3.63, 3.8) is 0 Å². The maximum absolute atomic E-state index is 14.3. The van der Waals surface area contributed by atoms with E-state index in [0.29, 0.717) is 28.8 Å². The van der Waals surface area contributed by atoms with Crippen molar-refractivity contribution in [1.29, 1.82) is 0 Å². The maximum Gasteiger partial charge on any atom is 0.419 e. The monoisotopic (exact) mass is 467 g/mol. The Balaban J connectivity index is 1.94. The lowest BCUT2D eigenvalue weighted by Gasteiger charge is -2.46. The predicted octanol–water partition coefficient (Wildman–Crippen LogP) is 6.14. The third-order valence-corrected chi connectivity index (χ3v) is 6.90. The van der Waals surface area contributed by atoms with E-state index in [0.717, 1.165) is 4.76 Å². The van der Waals surface area contributed by atoms with Gasteiger partial charge in [0.2, 0.25) is 6.54 Å². The topological polar surface area (TPSA) is 72.6 Å². The summed E-state index contributed by atoms with van der Waals surface area (Å²) in [6, 6.07) is 4.44. The highest BCUT2D eigenvalue weighted by atomic mass is 35.5. The normalized spacial score (nSPS) is 24.8. The lowest BCUT2D eigenvalue weighted by molar-refractivity contribution is -0.452. The number of aliphatic hydroxyl groups is 1. The minimum atomic E-state index is -4.96. The Morgan fingerprint density at radius 2 is 2.06 bits per heavy atom. The number of phenols is 1. The second kappa shape index (κ2) is 7.78. The summed E-state index contributed by atoms with van der Waals surface area (Å²) >= 11 is 6.24. The first-order valence-corrected chi connectivity index (χ1v) is 10.7. The van der Waals surface area contributed by atoms with Crippen molar-refractivity contribution in [2.45, 2.75) is 50.4 Å². The number of nitrogens with zero attached hydrogens (tertiary/aromatic N) is 1. The molecule has 1 aliphatic carbocycles. The Hall–Kier alpha value is -2.58. The summed E-state index contributed by atoms with van der Waals surface area (Å²) in [5, 5.41) is 24.8. The first kappa shape index (κ1) is 22.6. The molecule has 0 aromatic heterocycles. The molecule has 4 rings (SSSR count). The minimum absolute atomic E-state index is 0.0902. The molecule has 0 unspecified atom stereocenters. The number of aromatic hydroxyl groups is 1. The van der Waals surface area contributed by atoms with Crippen molar-refractivity contribution < 1.29 is 28.1 Å². The fraction of sp³-hybridized carbons (Fsp3) is 0.391. The number of anilines is 1. The number of alkyl halides is 3. The number of hydrogen-bond donors (Lipinski definition) is 3. The van der Waals surface area contributed by atoms with E-state index in [2.05, 4.69) is 5.32 Å². The van der Waals surface area contributed by atoms with E-state index in [1.807, 2.05) is 0 Å². The van der Waals surface area contributed by atoms with Crippen molar-refractivity contribution >= 4 is 29.1 Å². The zero-order chi connectivity index (χ0) is 23.4. The van der Waals surface area contributed by atoms with Gasteiger partial charge in [-0.05, 0) is 55.5 Å².